The van der Waals surface area contributed by atoms with E-state index in [2.05, 4.69) is 0 Å². The predicted octanol–water partition coefficient (Wildman–Crippen LogP) is 3.31. The van der Waals surface area contributed by atoms with Crippen LogP contribution in [0, 0.1) is 17.7 Å². The summed E-state index contributed by atoms with van der Waals surface area (Å²) >= 11 is 0. The molecule has 0 aromatic heterocycles. The van der Waals surface area contributed by atoms with Crippen molar-refractivity contribution in [1.29, 1.82) is 0 Å². The number of benzene rings is 1. The molecule has 0 aliphatic rings. The fourth-order valence-electron chi connectivity index (χ4n) is 1.42. The largest absolute Gasteiger partial charge is 0.496 e. The van der Waals surface area contributed by atoms with Gasteiger partial charge in [0.25, 0.3) is 0 Å². The molecule has 0 bridgehead atoms. The van der Waals surface area contributed by atoms with Crippen molar-refractivity contribution in [3.8, 4) is 5.75 Å². The van der Waals surface area contributed by atoms with Crippen molar-refractivity contribution in [3.05, 3.63) is 29.6 Å². The summed E-state index contributed by atoms with van der Waals surface area (Å²) in [5, 5.41) is 0. The van der Waals surface area contributed by atoms with E-state index in [-0.39, 0.29) is 17.6 Å². The molecule has 0 saturated carbocycles. The molecular weight excluding hydrogens is 207 g/mol. The number of Topliss-reactive ketones (excluding diaryl/α,β-unsaturated/α-hetero) is 1. The van der Waals surface area contributed by atoms with Crippen molar-refractivity contribution in [2.75, 3.05) is 7.11 Å². The number of carbonyl (C=O) groups is 1. The Morgan fingerprint density at radius 2 is 1.94 bits per heavy atom. The van der Waals surface area contributed by atoms with Crippen LogP contribution in [0.25, 0.3) is 0 Å². The van der Waals surface area contributed by atoms with Gasteiger partial charge < -0.3 is 4.74 Å². The van der Waals surface area contributed by atoms with Crippen molar-refractivity contribution < 1.29 is 13.9 Å². The number of rotatable bonds is 4. The Labute approximate surface area is 95.4 Å². The number of carbonyl (C=O) groups excluding carboxylic acids is 1. The second kappa shape index (κ2) is 5.10. The van der Waals surface area contributed by atoms with Gasteiger partial charge in [0.15, 0.2) is 5.78 Å². The highest BCUT2D eigenvalue weighted by Gasteiger charge is 2.22. The maximum absolute atomic E-state index is 13.1. The summed E-state index contributed by atoms with van der Waals surface area (Å²) in [6.45, 7) is 5.78. The first-order valence-electron chi connectivity index (χ1n) is 5.35. The fraction of sp³-hybridized carbons (Fsp3) is 0.462. The molecule has 3 heteroatoms. The zero-order valence-electron chi connectivity index (χ0n) is 10.1. The third-order valence-corrected chi connectivity index (χ3v) is 2.84. The van der Waals surface area contributed by atoms with Crippen LogP contribution >= 0.6 is 0 Å². The van der Waals surface area contributed by atoms with Gasteiger partial charge >= 0.3 is 0 Å². The lowest BCUT2D eigenvalue weighted by molar-refractivity contribution is 0.0896. The van der Waals surface area contributed by atoms with Crippen LogP contribution in [0.5, 0.6) is 5.75 Å². The molecule has 1 rings (SSSR count). The van der Waals surface area contributed by atoms with Crippen LogP contribution in [0.4, 0.5) is 4.39 Å². The lowest BCUT2D eigenvalue weighted by Crippen LogP contribution is -2.17. The first-order valence-corrected chi connectivity index (χ1v) is 5.35. The van der Waals surface area contributed by atoms with Crippen LogP contribution < -0.4 is 4.74 Å². The lowest BCUT2D eigenvalue weighted by atomic mass is 9.89. The maximum Gasteiger partial charge on any atom is 0.169 e. The molecule has 0 heterocycles. The molecule has 1 atom stereocenters. The Hall–Kier alpha value is -1.38. The molecule has 0 aliphatic heterocycles. The minimum Gasteiger partial charge on any atom is -0.496 e. The van der Waals surface area contributed by atoms with Crippen LogP contribution in [0.1, 0.15) is 31.1 Å². The third kappa shape index (κ3) is 2.60. The van der Waals surface area contributed by atoms with Crippen molar-refractivity contribution >= 4 is 5.78 Å². The van der Waals surface area contributed by atoms with Crippen molar-refractivity contribution in [1.82, 2.24) is 0 Å². The van der Waals surface area contributed by atoms with E-state index in [1.165, 1.54) is 25.3 Å². The van der Waals surface area contributed by atoms with Gasteiger partial charge in [-0.2, -0.15) is 0 Å². The van der Waals surface area contributed by atoms with E-state index in [0.29, 0.717) is 11.3 Å². The minimum absolute atomic E-state index is 0.0775. The Morgan fingerprint density at radius 1 is 1.31 bits per heavy atom. The molecule has 88 valence electrons. The maximum atomic E-state index is 13.1. The highest BCUT2D eigenvalue weighted by molar-refractivity contribution is 6.00. The Balaban J connectivity index is 3.11. The fourth-order valence-corrected chi connectivity index (χ4v) is 1.42. The lowest BCUT2D eigenvalue weighted by Gasteiger charge is -2.16. The van der Waals surface area contributed by atoms with E-state index < -0.39 is 5.82 Å². The number of ether oxygens (including phenoxy) is 1. The van der Waals surface area contributed by atoms with E-state index in [1.54, 1.807) is 0 Å². The summed E-state index contributed by atoms with van der Waals surface area (Å²) in [6.07, 6.45) is 0. The number of ketones is 1. The molecule has 1 aromatic carbocycles. The Bertz CT molecular complexity index is 386. The average molecular weight is 224 g/mol. The molecule has 0 radical (unpaired) electrons. The predicted molar refractivity (Wildman–Crippen MR) is 61.3 cm³/mol. The molecule has 1 aromatic rings. The molecule has 2 nitrogen and oxygen atoms in total. The van der Waals surface area contributed by atoms with Crippen LogP contribution in [0.3, 0.4) is 0 Å². The first-order chi connectivity index (χ1) is 7.47. The van der Waals surface area contributed by atoms with Crippen LogP contribution in [0.2, 0.25) is 0 Å². The quantitative estimate of drug-likeness (QED) is 0.733. The van der Waals surface area contributed by atoms with Crippen LogP contribution in [-0.2, 0) is 0 Å². The van der Waals surface area contributed by atoms with Gasteiger partial charge in [-0.3, -0.25) is 4.79 Å². The smallest absolute Gasteiger partial charge is 0.169 e. The molecule has 0 N–H and O–H groups in total. The normalized spacial score (nSPS) is 12.6. The van der Waals surface area contributed by atoms with E-state index in [4.69, 9.17) is 4.74 Å². The summed E-state index contributed by atoms with van der Waals surface area (Å²) in [6, 6.07) is 4.01. The second-order valence-electron chi connectivity index (χ2n) is 4.24. The average Bonchev–Trinajstić information content (AvgIpc) is 2.26. The van der Waals surface area contributed by atoms with Crippen molar-refractivity contribution in [3.63, 3.8) is 0 Å². The first kappa shape index (κ1) is 12.7. The SMILES string of the molecule is COc1ccc(F)cc1C(=O)C(C)C(C)C. The molecule has 16 heavy (non-hydrogen) atoms. The standard InChI is InChI=1S/C13H17FO2/c1-8(2)9(3)13(15)11-7-10(14)5-6-12(11)16-4/h5-9H,1-4H3. The third-order valence-electron chi connectivity index (χ3n) is 2.84. The van der Waals surface area contributed by atoms with Gasteiger partial charge in [0.1, 0.15) is 11.6 Å². The van der Waals surface area contributed by atoms with Gasteiger partial charge in [0.2, 0.25) is 0 Å². The minimum atomic E-state index is -0.417. The zero-order chi connectivity index (χ0) is 12.3. The van der Waals surface area contributed by atoms with Crippen molar-refractivity contribution in [2.45, 2.75) is 20.8 Å². The summed E-state index contributed by atoms with van der Waals surface area (Å²) in [5.74, 6) is 0.0153. The van der Waals surface area contributed by atoms with E-state index >= 15 is 0 Å². The van der Waals surface area contributed by atoms with Gasteiger partial charge in [0.05, 0.1) is 12.7 Å². The molecule has 0 fully saturated rings. The van der Waals surface area contributed by atoms with Crippen molar-refractivity contribution in [2.24, 2.45) is 11.8 Å². The number of hydrogen-bond donors (Lipinski definition) is 0. The Morgan fingerprint density at radius 3 is 2.44 bits per heavy atom. The van der Waals surface area contributed by atoms with Gasteiger partial charge in [-0.05, 0) is 24.1 Å². The van der Waals surface area contributed by atoms with Gasteiger partial charge in [-0.15, -0.1) is 0 Å². The van der Waals surface area contributed by atoms with E-state index in [1.807, 2.05) is 20.8 Å². The highest BCUT2D eigenvalue weighted by atomic mass is 19.1. The van der Waals surface area contributed by atoms with Gasteiger partial charge in [0, 0.05) is 5.92 Å². The number of hydrogen-bond acceptors (Lipinski definition) is 2. The number of methoxy groups -OCH3 is 1. The van der Waals surface area contributed by atoms with E-state index in [9.17, 15) is 9.18 Å². The second-order valence-corrected chi connectivity index (χ2v) is 4.24. The monoisotopic (exact) mass is 224 g/mol. The summed E-state index contributed by atoms with van der Waals surface area (Å²) in [5.41, 5.74) is 0.323. The summed E-state index contributed by atoms with van der Waals surface area (Å²) in [4.78, 5) is 12.1. The highest BCUT2D eigenvalue weighted by Crippen LogP contribution is 2.25. The van der Waals surface area contributed by atoms with Gasteiger partial charge in [-0.25, -0.2) is 4.39 Å². The van der Waals surface area contributed by atoms with E-state index in [0.717, 1.165) is 0 Å². The molecule has 0 spiro atoms. The molecule has 1 unspecified atom stereocenters. The van der Waals surface area contributed by atoms with Gasteiger partial charge in [-0.1, -0.05) is 20.8 Å². The molecule has 0 aliphatic carbocycles. The molecule has 0 amide bonds. The topological polar surface area (TPSA) is 26.3 Å². The van der Waals surface area contributed by atoms with Crippen LogP contribution in [0.15, 0.2) is 18.2 Å². The number of halogens is 1. The Kier molecular flexibility index (Phi) is 4.05. The summed E-state index contributed by atoms with van der Waals surface area (Å²) < 4.78 is 18.2. The summed E-state index contributed by atoms with van der Waals surface area (Å²) in [7, 11) is 1.48. The van der Waals surface area contributed by atoms with Crippen LogP contribution in [-0.4, -0.2) is 12.9 Å². The zero-order valence-corrected chi connectivity index (χ0v) is 10.1. The molecule has 0 saturated heterocycles. The molecular formula is C13H17FO2.